The average Bonchev–Trinajstić information content (AvgIpc) is 3.37. The van der Waals surface area contributed by atoms with Gasteiger partial charge in [0.25, 0.3) is 5.91 Å². The Morgan fingerprint density at radius 2 is 1.97 bits per heavy atom. The van der Waals surface area contributed by atoms with Gasteiger partial charge in [-0.05, 0) is 42.8 Å². The second-order valence-electron chi connectivity index (χ2n) is 7.69. The number of aryl methyl sites for hydroxylation is 1. The summed E-state index contributed by atoms with van der Waals surface area (Å²) in [5.74, 6) is -0.222. The van der Waals surface area contributed by atoms with E-state index in [0.29, 0.717) is 30.0 Å². The average molecular weight is 436 g/mol. The number of carbonyl (C=O) groups excluding carboxylic acids is 1. The first kappa shape index (κ1) is 19.8. The number of piperazine rings is 1. The fourth-order valence-corrected chi connectivity index (χ4v) is 5.04. The third-order valence-electron chi connectivity index (χ3n) is 5.59. The Morgan fingerprint density at radius 1 is 1.13 bits per heavy atom. The maximum atomic E-state index is 13.5. The van der Waals surface area contributed by atoms with E-state index >= 15 is 0 Å². The van der Waals surface area contributed by atoms with Gasteiger partial charge in [-0.3, -0.25) is 9.69 Å². The highest BCUT2D eigenvalue weighted by Gasteiger charge is 2.27. The summed E-state index contributed by atoms with van der Waals surface area (Å²) in [6, 6.07) is 12.7. The summed E-state index contributed by atoms with van der Waals surface area (Å²) in [5.41, 5.74) is 2.81. The molecule has 0 N–H and O–H groups in total. The molecule has 0 bridgehead atoms. The minimum atomic E-state index is -0.218. The zero-order chi connectivity index (χ0) is 21.4. The maximum Gasteiger partial charge on any atom is 0.259 e. The summed E-state index contributed by atoms with van der Waals surface area (Å²) >= 11 is 1.69. The SMILES string of the molecule is Cc1nn2cccnc2c1C(=O)N1CCN(Cc2ccc(-c3cccc(F)c3)s2)CC1. The summed E-state index contributed by atoms with van der Waals surface area (Å²) in [4.78, 5) is 24.0. The molecule has 1 aliphatic heterocycles. The third-order valence-corrected chi connectivity index (χ3v) is 6.71. The number of benzene rings is 1. The van der Waals surface area contributed by atoms with E-state index in [4.69, 9.17) is 0 Å². The molecule has 0 saturated carbocycles. The zero-order valence-corrected chi connectivity index (χ0v) is 18.0. The first-order valence-corrected chi connectivity index (χ1v) is 11.1. The summed E-state index contributed by atoms with van der Waals surface area (Å²) in [6.45, 7) is 5.65. The summed E-state index contributed by atoms with van der Waals surface area (Å²) in [6.07, 6.45) is 3.49. The Kier molecular flexibility index (Phi) is 5.25. The molecule has 4 aromatic rings. The second kappa shape index (κ2) is 8.20. The van der Waals surface area contributed by atoms with Crippen LogP contribution >= 0.6 is 11.3 Å². The van der Waals surface area contributed by atoms with Crippen molar-refractivity contribution in [2.75, 3.05) is 26.2 Å². The lowest BCUT2D eigenvalue weighted by atomic mass is 10.2. The predicted molar refractivity (Wildman–Crippen MR) is 119 cm³/mol. The third kappa shape index (κ3) is 3.96. The van der Waals surface area contributed by atoms with Crippen molar-refractivity contribution in [1.29, 1.82) is 0 Å². The zero-order valence-electron chi connectivity index (χ0n) is 17.2. The number of hydrogen-bond acceptors (Lipinski definition) is 5. The highest BCUT2D eigenvalue weighted by atomic mass is 32.1. The van der Waals surface area contributed by atoms with Crippen LogP contribution in [-0.4, -0.2) is 56.5 Å². The van der Waals surface area contributed by atoms with Crippen molar-refractivity contribution in [1.82, 2.24) is 24.4 Å². The minimum Gasteiger partial charge on any atom is -0.336 e. The number of thiophene rings is 1. The molecule has 1 fully saturated rings. The van der Waals surface area contributed by atoms with E-state index in [1.165, 1.54) is 10.9 Å². The molecule has 5 rings (SSSR count). The van der Waals surface area contributed by atoms with E-state index in [2.05, 4.69) is 27.1 Å². The molecular formula is C23H22FN5OS. The predicted octanol–water partition coefficient (Wildman–Crippen LogP) is 3.86. The highest BCUT2D eigenvalue weighted by Crippen LogP contribution is 2.29. The molecule has 0 radical (unpaired) electrons. The standard InChI is InChI=1S/C23H22FN5OS/c1-16-21(22-25-8-3-9-29(22)26-16)23(30)28-12-10-27(11-13-28)15-19-6-7-20(31-19)17-4-2-5-18(24)14-17/h2-9,14H,10-13,15H2,1H3. The largest absolute Gasteiger partial charge is 0.336 e. The van der Waals surface area contributed by atoms with Crippen molar-refractivity contribution in [2.24, 2.45) is 0 Å². The number of aromatic nitrogens is 3. The Morgan fingerprint density at radius 3 is 2.77 bits per heavy atom. The number of carbonyl (C=O) groups is 1. The molecule has 0 atom stereocenters. The van der Waals surface area contributed by atoms with Gasteiger partial charge in [-0.25, -0.2) is 13.9 Å². The van der Waals surface area contributed by atoms with E-state index in [1.54, 1.807) is 40.2 Å². The summed E-state index contributed by atoms with van der Waals surface area (Å²) in [5, 5.41) is 4.41. The highest BCUT2D eigenvalue weighted by molar-refractivity contribution is 7.15. The van der Waals surface area contributed by atoms with Gasteiger partial charge in [0.1, 0.15) is 11.4 Å². The lowest BCUT2D eigenvalue weighted by Gasteiger charge is -2.34. The Hall–Kier alpha value is -3.10. The van der Waals surface area contributed by atoms with Crippen molar-refractivity contribution in [3.63, 3.8) is 0 Å². The number of hydrogen-bond donors (Lipinski definition) is 0. The molecule has 3 aromatic heterocycles. The van der Waals surface area contributed by atoms with E-state index in [-0.39, 0.29) is 11.7 Å². The molecule has 0 unspecified atom stereocenters. The molecule has 0 spiro atoms. The first-order valence-electron chi connectivity index (χ1n) is 10.2. The van der Waals surface area contributed by atoms with Gasteiger partial charge in [0, 0.05) is 54.9 Å². The van der Waals surface area contributed by atoms with Crippen molar-refractivity contribution < 1.29 is 9.18 Å². The lowest BCUT2D eigenvalue weighted by molar-refractivity contribution is 0.0630. The Labute approximate surface area is 183 Å². The van der Waals surface area contributed by atoms with E-state index in [9.17, 15) is 9.18 Å². The van der Waals surface area contributed by atoms with Gasteiger partial charge in [-0.1, -0.05) is 12.1 Å². The van der Waals surface area contributed by atoms with Crippen LogP contribution in [0.2, 0.25) is 0 Å². The van der Waals surface area contributed by atoms with Gasteiger partial charge in [-0.2, -0.15) is 5.10 Å². The van der Waals surface area contributed by atoms with Crippen LogP contribution in [0.1, 0.15) is 20.9 Å². The van der Waals surface area contributed by atoms with Crippen LogP contribution in [0, 0.1) is 12.7 Å². The van der Waals surface area contributed by atoms with Crippen molar-refractivity contribution in [3.05, 3.63) is 76.8 Å². The van der Waals surface area contributed by atoms with Crippen LogP contribution in [0.3, 0.4) is 0 Å². The Bertz CT molecular complexity index is 1240. The molecule has 31 heavy (non-hydrogen) atoms. The van der Waals surface area contributed by atoms with Crippen LogP contribution < -0.4 is 0 Å². The van der Waals surface area contributed by atoms with E-state index in [1.807, 2.05) is 24.1 Å². The van der Waals surface area contributed by atoms with E-state index < -0.39 is 0 Å². The topological polar surface area (TPSA) is 53.7 Å². The van der Waals surface area contributed by atoms with Gasteiger partial charge >= 0.3 is 0 Å². The molecule has 1 aromatic carbocycles. The number of fused-ring (bicyclic) bond motifs is 1. The molecule has 1 amide bonds. The molecular weight excluding hydrogens is 413 g/mol. The Balaban J connectivity index is 1.23. The molecule has 1 aliphatic rings. The smallest absolute Gasteiger partial charge is 0.259 e. The number of amides is 1. The summed E-state index contributed by atoms with van der Waals surface area (Å²) < 4.78 is 15.2. The summed E-state index contributed by atoms with van der Waals surface area (Å²) in [7, 11) is 0. The first-order chi connectivity index (χ1) is 15.1. The molecule has 6 nitrogen and oxygen atoms in total. The number of nitrogens with zero attached hydrogens (tertiary/aromatic N) is 5. The normalized spacial score (nSPS) is 15.0. The van der Waals surface area contributed by atoms with Crippen molar-refractivity contribution >= 4 is 22.9 Å². The van der Waals surface area contributed by atoms with E-state index in [0.717, 1.165) is 30.1 Å². The fourth-order valence-electron chi connectivity index (χ4n) is 3.99. The fraction of sp³-hybridized carbons (Fsp3) is 0.261. The van der Waals surface area contributed by atoms with Crippen LogP contribution in [0.25, 0.3) is 16.1 Å². The number of rotatable bonds is 4. The van der Waals surface area contributed by atoms with Crippen LogP contribution in [0.4, 0.5) is 4.39 Å². The van der Waals surface area contributed by atoms with Crippen LogP contribution in [0.15, 0.2) is 54.9 Å². The van der Waals surface area contributed by atoms with Crippen molar-refractivity contribution in [3.8, 4) is 10.4 Å². The monoisotopic (exact) mass is 435 g/mol. The van der Waals surface area contributed by atoms with Gasteiger partial charge in [0.15, 0.2) is 5.65 Å². The van der Waals surface area contributed by atoms with Gasteiger partial charge < -0.3 is 4.90 Å². The maximum absolute atomic E-state index is 13.5. The molecule has 8 heteroatoms. The quantitative estimate of drug-likeness (QED) is 0.488. The molecule has 0 aliphatic carbocycles. The van der Waals surface area contributed by atoms with Crippen LogP contribution in [0.5, 0.6) is 0 Å². The van der Waals surface area contributed by atoms with Gasteiger partial charge in [0.05, 0.1) is 5.69 Å². The molecule has 158 valence electrons. The minimum absolute atomic E-state index is 0.00429. The van der Waals surface area contributed by atoms with Gasteiger partial charge in [-0.15, -0.1) is 11.3 Å². The molecule has 1 saturated heterocycles. The second-order valence-corrected chi connectivity index (χ2v) is 8.86. The van der Waals surface area contributed by atoms with Gasteiger partial charge in [0.2, 0.25) is 0 Å². The molecule has 4 heterocycles. The van der Waals surface area contributed by atoms with Crippen molar-refractivity contribution in [2.45, 2.75) is 13.5 Å². The lowest BCUT2D eigenvalue weighted by Crippen LogP contribution is -2.48. The number of halogens is 1. The van der Waals surface area contributed by atoms with Crippen LogP contribution in [-0.2, 0) is 6.54 Å².